The van der Waals surface area contributed by atoms with Gasteiger partial charge >= 0.3 is 0 Å². The third-order valence-corrected chi connectivity index (χ3v) is 5.79. The fourth-order valence-corrected chi connectivity index (χ4v) is 3.56. The molecule has 2 aromatic carbocycles. The van der Waals surface area contributed by atoms with Crippen LogP contribution in [0, 0.1) is 13.8 Å². The first kappa shape index (κ1) is 22.7. The lowest BCUT2D eigenvalue weighted by molar-refractivity contribution is -0.578. The molecule has 0 aliphatic carbocycles. The van der Waals surface area contributed by atoms with Crippen molar-refractivity contribution in [3.8, 4) is 0 Å². The number of aryl methyl sites for hydroxylation is 2. The van der Waals surface area contributed by atoms with Crippen LogP contribution in [0.2, 0.25) is 0 Å². The Hall–Kier alpha value is -2.98. The lowest BCUT2D eigenvalue weighted by Gasteiger charge is -2.20. The molecular formula is C27H30N2OS. The van der Waals surface area contributed by atoms with Gasteiger partial charge in [0.2, 0.25) is 5.70 Å². The smallest absolute Gasteiger partial charge is 0.237 e. The van der Waals surface area contributed by atoms with Crippen LogP contribution < -0.4 is 15.0 Å². The Morgan fingerprint density at radius 1 is 0.935 bits per heavy atom. The van der Waals surface area contributed by atoms with E-state index in [1.54, 1.807) is 0 Å². The van der Waals surface area contributed by atoms with Crippen molar-refractivity contribution in [2.75, 3.05) is 0 Å². The molecule has 0 saturated heterocycles. The van der Waals surface area contributed by atoms with Gasteiger partial charge in [0.05, 0.1) is 0 Å². The fraction of sp³-hybridized carbons (Fsp3) is 0.259. The highest BCUT2D eigenvalue weighted by atomic mass is 32.1. The van der Waals surface area contributed by atoms with Crippen molar-refractivity contribution in [3.63, 3.8) is 0 Å². The zero-order chi connectivity index (χ0) is 22.6. The predicted molar refractivity (Wildman–Crippen MR) is 130 cm³/mol. The third kappa shape index (κ3) is 5.59. The van der Waals surface area contributed by atoms with E-state index in [1.165, 1.54) is 5.56 Å². The van der Waals surface area contributed by atoms with Gasteiger partial charge in [0.25, 0.3) is 0 Å². The van der Waals surface area contributed by atoms with E-state index < -0.39 is 0 Å². The highest BCUT2D eigenvalue weighted by Crippen LogP contribution is 2.22. The molecule has 0 aliphatic rings. The molecule has 0 aliphatic heterocycles. The molecule has 1 N–H and O–H groups in total. The fourth-order valence-electron chi connectivity index (χ4n) is 3.29. The molecule has 160 valence electrons. The lowest BCUT2D eigenvalue weighted by Crippen LogP contribution is -2.42. The largest absolute Gasteiger partial charge is 0.867 e. The summed E-state index contributed by atoms with van der Waals surface area (Å²) in [6.45, 7) is 11.1. The van der Waals surface area contributed by atoms with Crippen LogP contribution in [-0.2, 0) is 12.0 Å². The van der Waals surface area contributed by atoms with Gasteiger partial charge < -0.3 is 10.4 Å². The van der Waals surface area contributed by atoms with E-state index >= 15 is 0 Å². The Morgan fingerprint density at radius 2 is 1.58 bits per heavy atom. The molecule has 0 amide bonds. The summed E-state index contributed by atoms with van der Waals surface area (Å²) in [4.78, 5) is 0.431. The Bertz CT molecular complexity index is 1090. The standard InChI is InChI=1S/C27H30N2OS/c1-19-11-12-22(17-20(19)2)25(30)24(26(31)28-18-21-9-7-6-8-10-21)29-15-13-23(14-16-29)27(3,4)5/h6-17H,18H2,1-5H3,(H-,28,30,31). The number of pyridine rings is 1. The number of nitrogens with zero attached hydrogens (tertiary/aromatic N) is 1. The SMILES string of the molecule is Cc1ccc(C([O-])=C(C(=S)NCc2ccccc2)[n+]2ccc(C(C)(C)C)cc2)cc1C. The van der Waals surface area contributed by atoms with Crippen LogP contribution in [0.15, 0.2) is 73.1 Å². The quantitative estimate of drug-likeness (QED) is 0.276. The summed E-state index contributed by atoms with van der Waals surface area (Å²) < 4.78 is 1.83. The van der Waals surface area contributed by atoms with Crippen molar-refractivity contribution in [1.29, 1.82) is 0 Å². The first-order valence-electron chi connectivity index (χ1n) is 10.5. The van der Waals surface area contributed by atoms with E-state index in [4.69, 9.17) is 12.2 Å². The van der Waals surface area contributed by atoms with Gasteiger partial charge in [-0.2, -0.15) is 4.57 Å². The molecule has 0 radical (unpaired) electrons. The first-order chi connectivity index (χ1) is 14.7. The normalized spacial score (nSPS) is 12.3. The molecule has 3 rings (SSSR count). The number of aromatic nitrogens is 1. The molecule has 1 heterocycles. The average molecular weight is 431 g/mol. The third-order valence-electron chi connectivity index (χ3n) is 5.45. The van der Waals surface area contributed by atoms with Crippen LogP contribution in [0.25, 0.3) is 11.5 Å². The summed E-state index contributed by atoms with van der Waals surface area (Å²) in [6, 6.07) is 19.9. The summed E-state index contributed by atoms with van der Waals surface area (Å²) in [5, 5.41) is 16.8. The minimum atomic E-state index is -0.0952. The van der Waals surface area contributed by atoms with Gasteiger partial charge in [-0.25, -0.2) is 0 Å². The van der Waals surface area contributed by atoms with E-state index in [0.717, 1.165) is 16.7 Å². The number of benzene rings is 2. The molecule has 0 saturated carbocycles. The Balaban J connectivity index is 2.02. The maximum atomic E-state index is 13.6. The number of rotatable bonds is 5. The van der Waals surface area contributed by atoms with Gasteiger partial charge in [-0.05, 0) is 52.8 Å². The summed E-state index contributed by atoms with van der Waals surface area (Å²) in [5.41, 5.74) is 5.67. The predicted octanol–water partition coefficient (Wildman–Crippen LogP) is 4.69. The topological polar surface area (TPSA) is 39.0 Å². The van der Waals surface area contributed by atoms with Crippen molar-refractivity contribution in [3.05, 3.63) is 101 Å². The van der Waals surface area contributed by atoms with Crippen LogP contribution >= 0.6 is 12.2 Å². The van der Waals surface area contributed by atoms with E-state index in [1.807, 2.05) is 91.5 Å². The van der Waals surface area contributed by atoms with E-state index in [9.17, 15) is 5.11 Å². The molecule has 0 spiro atoms. The van der Waals surface area contributed by atoms with Crippen LogP contribution in [-0.4, -0.2) is 4.99 Å². The minimum absolute atomic E-state index is 0.0312. The van der Waals surface area contributed by atoms with Crippen molar-refractivity contribution in [1.82, 2.24) is 5.32 Å². The second kappa shape index (κ2) is 9.44. The van der Waals surface area contributed by atoms with Crippen molar-refractivity contribution >= 4 is 28.7 Å². The minimum Gasteiger partial charge on any atom is -0.867 e. The maximum absolute atomic E-state index is 13.6. The van der Waals surface area contributed by atoms with Gasteiger partial charge in [0.1, 0.15) is 0 Å². The molecule has 0 fully saturated rings. The van der Waals surface area contributed by atoms with Crippen LogP contribution in [0.3, 0.4) is 0 Å². The molecule has 4 heteroatoms. The van der Waals surface area contributed by atoms with Gasteiger partial charge in [0, 0.05) is 18.7 Å². The van der Waals surface area contributed by atoms with E-state index in [-0.39, 0.29) is 11.2 Å². The van der Waals surface area contributed by atoms with Gasteiger partial charge in [-0.15, -0.1) is 0 Å². The summed E-state index contributed by atoms with van der Waals surface area (Å²) in [5.74, 6) is -0.0952. The first-order valence-corrected chi connectivity index (χ1v) is 10.9. The summed E-state index contributed by atoms with van der Waals surface area (Å²) >= 11 is 5.71. The molecule has 31 heavy (non-hydrogen) atoms. The Kier molecular flexibility index (Phi) is 6.91. The number of hydrogen-bond donors (Lipinski definition) is 1. The molecule has 1 aromatic heterocycles. The molecule has 3 nitrogen and oxygen atoms in total. The number of nitrogens with one attached hydrogen (secondary N) is 1. The maximum Gasteiger partial charge on any atom is 0.237 e. The second-order valence-corrected chi connectivity index (χ2v) is 9.30. The average Bonchev–Trinajstić information content (AvgIpc) is 2.75. The molecule has 0 bridgehead atoms. The van der Waals surface area contributed by atoms with E-state index in [2.05, 4.69) is 26.1 Å². The highest BCUT2D eigenvalue weighted by Gasteiger charge is 2.21. The van der Waals surface area contributed by atoms with Crippen molar-refractivity contribution in [2.24, 2.45) is 0 Å². The number of hydrogen-bond acceptors (Lipinski definition) is 2. The van der Waals surface area contributed by atoms with E-state index in [0.29, 0.717) is 22.8 Å². The summed E-state index contributed by atoms with van der Waals surface area (Å²) in [7, 11) is 0. The number of thiocarbonyl (C=S) groups is 1. The molecule has 0 unspecified atom stereocenters. The van der Waals surface area contributed by atoms with Crippen molar-refractivity contribution < 1.29 is 9.67 Å². The molecule has 0 atom stereocenters. The zero-order valence-electron chi connectivity index (χ0n) is 18.9. The lowest BCUT2D eigenvalue weighted by atomic mass is 9.88. The summed E-state index contributed by atoms with van der Waals surface area (Å²) in [6.07, 6.45) is 3.84. The zero-order valence-corrected chi connectivity index (χ0v) is 19.7. The second-order valence-electron chi connectivity index (χ2n) is 8.89. The van der Waals surface area contributed by atoms with Crippen LogP contribution in [0.5, 0.6) is 0 Å². The Morgan fingerprint density at radius 3 is 2.16 bits per heavy atom. The van der Waals surface area contributed by atoms with Gasteiger partial charge in [-0.3, -0.25) is 0 Å². The molecular weight excluding hydrogens is 400 g/mol. The van der Waals surface area contributed by atoms with Gasteiger partial charge in [-0.1, -0.05) is 81.5 Å². The molecule has 3 aromatic rings. The Labute approximate surface area is 191 Å². The highest BCUT2D eigenvalue weighted by molar-refractivity contribution is 7.81. The monoisotopic (exact) mass is 430 g/mol. The van der Waals surface area contributed by atoms with Gasteiger partial charge in [0.15, 0.2) is 17.4 Å². The van der Waals surface area contributed by atoms with Crippen LogP contribution in [0.4, 0.5) is 0 Å². The van der Waals surface area contributed by atoms with Crippen LogP contribution in [0.1, 0.15) is 48.6 Å². The van der Waals surface area contributed by atoms with Crippen molar-refractivity contribution in [2.45, 2.75) is 46.6 Å².